The lowest BCUT2D eigenvalue weighted by atomic mass is 10.1. The summed E-state index contributed by atoms with van der Waals surface area (Å²) >= 11 is 2.90. The first-order valence-electron chi connectivity index (χ1n) is 6.34. The highest BCUT2D eigenvalue weighted by Gasteiger charge is 1.93. The predicted molar refractivity (Wildman–Crippen MR) is 78.5 cm³/mol. The molecule has 0 saturated carbocycles. The molecule has 0 radical (unpaired) electrons. The summed E-state index contributed by atoms with van der Waals surface area (Å²) in [5, 5.41) is 8.29. The fraction of sp³-hybridized carbons (Fsp3) is 0.467. The molecule has 98 valence electrons. The summed E-state index contributed by atoms with van der Waals surface area (Å²) in [6.45, 7) is 2.19. The largest absolute Gasteiger partial charge is 0.287 e. The first kappa shape index (κ1) is 16.9. The van der Waals surface area contributed by atoms with Crippen LogP contribution in [0.1, 0.15) is 51.0 Å². The van der Waals surface area contributed by atoms with Crippen molar-refractivity contribution in [1.82, 2.24) is 0 Å². The van der Waals surface area contributed by atoms with Crippen molar-refractivity contribution < 1.29 is 4.79 Å². The fourth-order valence-electron chi connectivity index (χ4n) is 1.38. The summed E-state index contributed by atoms with van der Waals surface area (Å²) < 4.78 is 0.143. The van der Waals surface area contributed by atoms with Gasteiger partial charge in [-0.25, -0.2) is 0 Å². The summed E-state index contributed by atoms with van der Waals surface area (Å²) in [6.07, 6.45) is 6.79. The molecule has 0 saturated heterocycles. The molecule has 2 nitrogen and oxygen atoms in total. The van der Waals surface area contributed by atoms with Crippen LogP contribution in [0.4, 0.5) is 0 Å². The minimum Gasteiger partial charge on any atom is -0.287 e. The lowest BCUT2D eigenvalue weighted by molar-refractivity contribution is -0.110. The van der Waals surface area contributed by atoms with Crippen LogP contribution in [0.3, 0.4) is 0 Å². The van der Waals surface area contributed by atoms with E-state index in [9.17, 15) is 4.79 Å². The van der Waals surface area contributed by atoms with E-state index in [0.29, 0.717) is 12.0 Å². The molecule has 0 heterocycles. The number of unbranched alkanes of at least 4 members (excludes halogenated alkanes) is 4. The van der Waals surface area contributed by atoms with E-state index in [2.05, 4.69) is 22.9 Å². The monoisotopic (exact) mass is 309 g/mol. The van der Waals surface area contributed by atoms with Crippen molar-refractivity contribution in [2.75, 3.05) is 0 Å². The van der Waals surface area contributed by atoms with Gasteiger partial charge in [0.25, 0.3) is 0 Å². The van der Waals surface area contributed by atoms with Gasteiger partial charge in [0.2, 0.25) is 0 Å². The molecule has 3 heteroatoms. The van der Waals surface area contributed by atoms with Gasteiger partial charge in [0.15, 0.2) is 4.69 Å². The Balaban J connectivity index is 0.000000327. The second-order valence-electron chi connectivity index (χ2n) is 4.00. The molecule has 0 atom stereocenters. The Bertz CT molecular complexity index is 357. The van der Waals surface area contributed by atoms with E-state index in [1.54, 1.807) is 12.1 Å². The van der Waals surface area contributed by atoms with Crippen molar-refractivity contribution in [3.8, 4) is 6.07 Å². The third-order valence-electron chi connectivity index (χ3n) is 2.38. The zero-order valence-corrected chi connectivity index (χ0v) is 12.4. The van der Waals surface area contributed by atoms with Gasteiger partial charge in [-0.2, -0.15) is 5.26 Å². The Morgan fingerprint density at radius 3 is 2.22 bits per heavy atom. The summed E-state index contributed by atoms with van der Waals surface area (Å²) in [5.74, 6) is 0. The predicted octanol–water partition coefficient (Wildman–Crippen LogP) is 4.83. The number of benzene rings is 1. The number of nitrogens with zero attached hydrogens (tertiary/aromatic N) is 1. The van der Waals surface area contributed by atoms with Crippen LogP contribution >= 0.6 is 15.9 Å². The molecule has 1 rings (SSSR count). The number of carbonyl (C=O) groups is 1. The molecule has 1 aromatic rings. The van der Waals surface area contributed by atoms with E-state index in [0.717, 1.165) is 6.42 Å². The average Bonchev–Trinajstić information content (AvgIpc) is 2.40. The number of rotatable bonds is 6. The van der Waals surface area contributed by atoms with Crippen LogP contribution in [0.25, 0.3) is 0 Å². The summed E-state index contributed by atoms with van der Waals surface area (Å²) in [6, 6.07) is 11.2. The number of hydrogen-bond acceptors (Lipinski definition) is 2. The lowest BCUT2D eigenvalue weighted by Crippen LogP contribution is -1.84. The zero-order valence-electron chi connectivity index (χ0n) is 10.9. The Labute approximate surface area is 118 Å². The minimum atomic E-state index is 0.143. The van der Waals surface area contributed by atoms with Crippen LogP contribution in [0.15, 0.2) is 30.3 Å². The fourth-order valence-corrected chi connectivity index (χ4v) is 1.66. The molecule has 0 aliphatic rings. The first-order valence-corrected chi connectivity index (χ1v) is 7.13. The van der Waals surface area contributed by atoms with Crippen LogP contribution < -0.4 is 0 Å². The van der Waals surface area contributed by atoms with Crippen LogP contribution in [0, 0.1) is 11.3 Å². The molecule has 0 bridgehead atoms. The average molecular weight is 310 g/mol. The Hall–Kier alpha value is -1.14. The molecule has 0 N–H and O–H groups in total. The third-order valence-corrected chi connectivity index (χ3v) is 2.78. The normalized spacial score (nSPS) is 8.94. The van der Waals surface area contributed by atoms with Crippen LogP contribution in [-0.4, -0.2) is 4.69 Å². The van der Waals surface area contributed by atoms with E-state index < -0.39 is 0 Å². The first-order chi connectivity index (χ1) is 8.70. The van der Waals surface area contributed by atoms with Gasteiger partial charge in [-0.05, 0) is 34.5 Å². The molecule has 0 unspecified atom stereocenters. The van der Waals surface area contributed by atoms with Gasteiger partial charge in [0.05, 0.1) is 11.6 Å². The van der Waals surface area contributed by atoms with E-state index in [1.807, 2.05) is 24.3 Å². The second kappa shape index (κ2) is 12.3. The number of carbonyl (C=O) groups excluding carboxylic acids is 1. The maximum absolute atomic E-state index is 10.4. The smallest absolute Gasteiger partial charge is 0.197 e. The molecule has 18 heavy (non-hydrogen) atoms. The van der Waals surface area contributed by atoms with Gasteiger partial charge in [-0.15, -0.1) is 0 Å². The van der Waals surface area contributed by atoms with Gasteiger partial charge in [-0.1, -0.05) is 50.8 Å². The molecule has 0 aliphatic carbocycles. The Morgan fingerprint density at radius 1 is 1.17 bits per heavy atom. The zero-order chi connectivity index (χ0) is 13.6. The van der Waals surface area contributed by atoms with Crippen molar-refractivity contribution in [2.24, 2.45) is 0 Å². The quantitative estimate of drug-likeness (QED) is 0.558. The molecular formula is C15H20BrNO. The summed E-state index contributed by atoms with van der Waals surface area (Å²) in [4.78, 5) is 10.4. The van der Waals surface area contributed by atoms with Crippen molar-refractivity contribution >= 4 is 20.6 Å². The highest BCUT2D eigenvalue weighted by Crippen LogP contribution is 2.06. The number of halogens is 1. The molecule has 0 fully saturated rings. The highest BCUT2D eigenvalue weighted by atomic mass is 79.9. The Kier molecular flexibility index (Phi) is 11.5. The van der Waals surface area contributed by atoms with Gasteiger partial charge >= 0.3 is 0 Å². The van der Waals surface area contributed by atoms with E-state index >= 15 is 0 Å². The van der Waals surface area contributed by atoms with Crippen LogP contribution in [-0.2, 0) is 4.79 Å². The lowest BCUT2D eigenvalue weighted by Gasteiger charge is -1.95. The maximum Gasteiger partial charge on any atom is 0.197 e. The van der Waals surface area contributed by atoms with Gasteiger partial charge in [0, 0.05) is 6.42 Å². The van der Waals surface area contributed by atoms with Crippen molar-refractivity contribution in [1.29, 1.82) is 5.26 Å². The number of hydrogen-bond donors (Lipinski definition) is 0. The van der Waals surface area contributed by atoms with Crippen molar-refractivity contribution in [2.45, 2.75) is 45.4 Å². The SMILES string of the molecule is CCCCCCCC(=O)Br.N#Cc1ccccc1. The van der Waals surface area contributed by atoms with Crippen LogP contribution in [0.2, 0.25) is 0 Å². The molecule has 0 spiro atoms. The van der Waals surface area contributed by atoms with Crippen LogP contribution in [0.5, 0.6) is 0 Å². The minimum absolute atomic E-state index is 0.143. The van der Waals surface area contributed by atoms with Gasteiger partial charge in [0.1, 0.15) is 0 Å². The third kappa shape index (κ3) is 11.3. The topological polar surface area (TPSA) is 40.9 Å². The standard InChI is InChI=1S/C8H15BrO.C7H5N/c1-2-3-4-5-6-7-8(9)10;8-6-7-4-2-1-3-5-7/h2-7H2,1H3;1-5H. The Morgan fingerprint density at radius 2 is 1.78 bits per heavy atom. The summed E-state index contributed by atoms with van der Waals surface area (Å²) in [5.41, 5.74) is 0.715. The number of nitriles is 1. The summed E-state index contributed by atoms with van der Waals surface area (Å²) in [7, 11) is 0. The van der Waals surface area contributed by atoms with E-state index in [4.69, 9.17) is 5.26 Å². The van der Waals surface area contributed by atoms with Crippen molar-refractivity contribution in [3.63, 3.8) is 0 Å². The van der Waals surface area contributed by atoms with Crippen molar-refractivity contribution in [3.05, 3.63) is 35.9 Å². The van der Waals surface area contributed by atoms with Gasteiger partial charge in [-0.3, -0.25) is 4.79 Å². The van der Waals surface area contributed by atoms with E-state index in [1.165, 1.54) is 25.7 Å². The molecular weight excluding hydrogens is 290 g/mol. The maximum atomic E-state index is 10.4. The molecule has 0 aromatic heterocycles. The molecule has 1 aromatic carbocycles. The second-order valence-corrected chi connectivity index (χ2v) is 4.88. The van der Waals surface area contributed by atoms with Gasteiger partial charge < -0.3 is 0 Å². The highest BCUT2D eigenvalue weighted by molar-refractivity contribution is 9.18. The molecule has 0 aliphatic heterocycles. The molecule has 0 amide bonds. The van der Waals surface area contributed by atoms with E-state index in [-0.39, 0.29) is 4.69 Å².